The van der Waals surface area contributed by atoms with Crippen molar-refractivity contribution < 1.29 is 13.2 Å². The van der Waals surface area contributed by atoms with Gasteiger partial charge in [0.15, 0.2) is 0 Å². The minimum atomic E-state index is -3.66. The normalized spacial score (nSPS) is 12.5. The average molecular weight is 381 g/mol. The highest BCUT2D eigenvalue weighted by Gasteiger charge is 2.31. The van der Waals surface area contributed by atoms with E-state index < -0.39 is 16.1 Å². The summed E-state index contributed by atoms with van der Waals surface area (Å²) in [5, 5.41) is 3.28. The van der Waals surface area contributed by atoms with Gasteiger partial charge in [-0.1, -0.05) is 36.2 Å². The molecule has 1 amide bonds. The summed E-state index contributed by atoms with van der Waals surface area (Å²) >= 11 is 5.88. The minimum absolute atomic E-state index is 0.327. The molecule has 1 atom stereocenters. The number of benzene rings is 2. The first-order valence-electron chi connectivity index (χ1n) is 7.85. The molecule has 7 heteroatoms. The van der Waals surface area contributed by atoms with Crippen LogP contribution in [0.5, 0.6) is 0 Å². The molecule has 0 saturated heterocycles. The third-order valence-electron chi connectivity index (χ3n) is 3.73. The average Bonchev–Trinajstić information content (AvgIpc) is 2.54. The van der Waals surface area contributed by atoms with Crippen LogP contribution in [0.3, 0.4) is 0 Å². The lowest BCUT2D eigenvalue weighted by Crippen LogP contribution is -2.46. The summed E-state index contributed by atoms with van der Waals surface area (Å²) in [6, 6.07) is 12.8. The van der Waals surface area contributed by atoms with E-state index in [2.05, 4.69) is 5.32 Å². The molecule has 2 rings (SSSR count). The number of rotatable bonds is 6. The van der Waals surface area contributed by atoms with Gasteiger partial charge in [0.05, 0.1) is 11.9 Å². The Balaban J connectivity index is 2.34. The maximum absolute atomic E-state index is 12.7. The lowest BCUT2D eigenvalue weighted by Gasteiger charge is -2.30. The predicted molar refractivity (Wildman–Crippen MR) is 103 cm³/mol. The number of hydrogen-bond acceptors (Lipinski definition) is 3. The molecule has 0 heterocycles. The van der Waals surface area contributed by atoms with E-state index in [4.69, 9.17) is 11.6 Å². The predicted octanol–water partition coefficient (Wildman–Crippen LogP) is 3.83. The van der Waals surface area contributed by atoms with Crippen molar-refractivity contribution in [1.29, 1.82) is 0 Å². The van der Waals surface area contributed by atoms with Crippen LogP contribution in [0.25, 0.3) is 0 Å². The first kappa shape index (κ1) is 19.3. The fraction of sp³-hybridized carbons (Fsp3) is 0.278. The molecule has 5 nitrogen and oxygen atoms in total. The summed E-state index contributed by atoms with van der Waals surface area (Å²) < 4.78 is 25.8. The number of amides is 1. The van der Waals surface area contributed by atoms with Gasteiger partial charge in [-0.3, -0.25) is 9.10 Å². The Labute approximate surface area is 153 Å². The van der Waals surface area contributed by atoms with Gasteiger partial charge in [0.1, 0.15) is 6.04 Å². The van der Waals surface area contributed by atoms with Crippen molar-refractivity contribution in [2.24, 2.45) is 0 Å². The lowest BCUT2D eigenvalue weighted by molar-refractivity contribution is -0.117. The van der Waals surface area contributed by atoms with Crippen LogP contribution in [0.1, 0.15) is 18.9 Å². The Morgan fingerprint density at radius 1 is 1.12 bits per heavy atom. The van der Waals surface area contributed by atoms with Crippen molar-refractivity contribution in [3.8, 4) is 0 Å². The van der Waals surface area contributed by atoms with Gasteiger partial charge >= 0.3 is 0 Å². The highest BCUT2D eigenvalue weighted by atomic mass is 35.5. The third kappa shape index (κ3) is 4.96. The third-order valence-corrected chi connectivity index (χ3v) is 5.16. The van der Waals surface area contributed by atoms with Crippen LogP contribution in [-0.4, -0.2) is 26.6 Å². The first-order valence-corrected chi connectivity index (χ1v) is 10.1. The van der Waals surface area contributed by atoms with Crippen LogP contribution in [0.4, 0.5) is 11.4 Å². The van der Waals surface area contributed by atoms with E-state index in [-0.39, 0.29) is 5.91 Å². The van der Waals surface area contributed by atoms with Gasteiger partial charge in [-0.25, -0.2) is 8.42 Å². The van der Waals surface area contributed by atoms with Crippen LogP contribution in [-0.2, 0) is 14.8 Å². The Bertz CT molecular complexity index is 834. The van der Waals surface area contributed by atoms with E-state index in [0.29, 0.717) is 22.8 Å². The summed E-state index contributed by atoms with van der Waals surface area (Å²) in [4.78, 5) is 12.7. The number of nitrogens with one attached hydrogen (secondary N) is 1. The molecule has 0 fully saturated rings. The second-order valence-corrected chi connectivity index (χ2v) is 8.11. The quantitative estimate of drug-likeness (QED) is 0.828. The fourth-order valence-corrected chi connectivity index (χ4v) is 3.85. The van der Waals surface area contributed by atoms with Crippen LogP contribution >= 0.6 is 11.6 Å². The molecule has 0 radical (unpaired) electrons. The van der Waals surface area contributed by atoms with E-state index in [1.807, 2.05) is 19.1 Å². The van der Waals surface area contributed by atoms with Crippen molar-refractivity contribution in [2.75, 3.05) is 15.9 Å². The van der Waals surface area contributed by atoms with Gasteiger partial charge in [-0.05, 0) is 49.7 Å². The molecule has 0 aliphatic heterocycles. The second-order valence-electron chi connectivity index (χ2n) is 5.81. The van der Waals surface area contributed by atoms with E-state index in [1.54, 1.807) is 43.3 Å². The molecule has 2 aromatic rings. The molecule has 0 unspecified atom stereocenters. The molecule has 2 aromatic carbocycles. The van der Waals surface area contributed by atoms with Gasteiger partial charge in [-0.2, -0.15) is 0 Å². The zero-order valence-corrected chi connectivity index (χ0v) is 15.9. The van der Waals surface area contributed by atoms with Gasteiger partial charge in [0.2, 0.25) is 15.9 Å². The van der Waals surface area contributed by atoms with Crippen molar-refractivity contribution >= 4 is 38.9 Å². The van der Waals surface area contributed by atoms with Crippen LogP contribution in [0.2, 0.25) is 5.02 Å². The van der Waals surface area contributed by atoms with E-state index in [1.165, 1.54) is 0 Å². The second kappa shape index (κ2) is 7.89. The van der Waals surface area contributed by atoms with Crippen LogP contribution in [0.15, 0.2) is 48.5 Å². The molecule has 25 heavy (non-hydrogen) atoms. The number of halogens is 1. The summed E-state index contributed by atoms with van der Waals surface area (Å²) in [5.41, 5.74) is 2.10. The molecule has 0 aromatic heterocycles. The first-order chi connectivity index (χ1) is 11.7. The monoisotopic (exact) mass is 380 g/mol. The molecular weight excluding hydrogens is 360 g/mol. The van der Waals surface area contributed by atoms with E-state index >= 15 is 0 Å². The van der Waals surface area contributed by atoms with E-state index in [0.717, 1.165) is 16.1 Å². The topological polar surface area (TPSA) is 66.5 Å². The van der Waals surface area contributed by atoms with Crippen molar-refractivity contribution in [3.05, 3.63) is 59.1 Å². The fourth-order valence-electron chi connectivity index (χ4n) is 2.51. The van der Waals surface area contributed by atoms with Gasteiger partial charge in [-0.15, -0.1) is 0 Å². The number of sulfonamides is 1. The van der Waals surface area contributed by atoms with Crippen LogP contribution < -0.4 is 9.62 Å². The number of anilines is 2. The summed E-state index contributed by atoms with van der Waals surface area (Å²) in [6.45, 7) is 3.72. The highest BCUT2D eigenvalue weighted by Crippen LogP contribution is 2.25. The van der Waals surface area contributed by atoms with Gasteiger partial charge in [0.25, 0.3) is 0 Å². The summed E-state index contributed by atoms with van der Waals surface area (Å²) in [6.07, 6.45) is 1.41. The Hall–Kier alpha value is -2.05. The van der Waals surface area contributed by atoms with Gasteiger partial charge in [0, 0.05) is 10.7 Å². The molecule has 0 aliphatic carbocycles. The van der Waals surface area contributed by atoms with Crippen LogP contribution in [0, 0.1) is 6.92 Å². The zero-order chi connectivity index (χ0) is 18.6. The zero-order valence-electron chi connectivity index (χ0n) is 14.4. The smallest absolute Gasteiger partial charge is 0.248 e. The lowest BCUT2D eigenvalue weighted by atomic mass is 10.1. The number of nitrogens with zero attached hydrogens (tertiary/aromatic N) is 1. The standard InChI is InChI=1S/C18H21ClN2O3S/c1-4-17(18(22)20-15-9-5-13(2)6-10-15)21(25(3,23)24)16-11-7-14(19)8-12-16/h5-12,17H,4H2,1-3H3,(H,20,22)/t17-/m1/s1. The number of aryl methyl sites for hydroxylation is 1. The number of carbonyl (C=O) groups excluding carboxylic acids is 1. The SMILES string of the molecule is CC[C@H](C(=O)Nc1ccc(C)cc1)N(c1ccc(Cl)cc1)S(C)(=O)=O. The molecule has 1 N–H and O–H groups in total. The van der Waals surface area contributed by atoms with Crippen molar-refractivity contribution in [3.63, 3.8) is 0 Å². The summed E-state index contributed by atoms with van der Waals surface area (Å²) in [7, 11) is -3.66. The molecule has 0 bridgehead atoms. The minimum Gasteiger partial charge on any atom is -0.324 e. The number of carbonyl (C=O) groups is 1. The molecule has 0 aliphatic rings. The maximum atomic E-state index is 12.7. The highest BCUT2D eigenvalue weighted by molar-refractivity contribution is 7.92. The Morgan fingerprint density at radius 3 is 2.16 bits per heavy atom. The molecule has 0 saturated carbocycles. The molecule has 0 spiro atoms. The molecular formula is C18H21ClN2O3S. The largest absolute Gasteiger partial charge is 0.324 e. The van der Waals surface area contributed by atoms with Crippen molar-refractivity contribution in [1.82, 2.24) is 0 Å². The maximum Gasteiger partial charge on any atom is 0.248 e. The van der Waals surface area contributed by atoms with E-state index in [9.17, 15) is 13.2 Å². The van der Waals surface area contributed by atoms with Crippen molar-refractivity contribution in [2.45, 2.75) is 26.3 Å². The Morgan fingerprint density at radius 2 is 1.68 bits per heavy atom. The molecule has 134 valence electrons. The summed E-state index contributed by atoms with van der Waals surface area (Å²) in [5.74, 6) is -0.383. The van der Waals surface area contributed by atoms with Gasteiger partial charge < -0.3 is 5.32 Å². The Kier molecular flexibility index (Phi) is 6.08. The number of hydrogen-bond donors (Lipinski definition) is 1.